The average Bonchev–Trinajstić information content (AvgIpc) is 2.28. The molecule has 0 bridgehead atoms. The molecule has 1 aromatic carbocycles. The van der Waals surface area contributed by atoms with Gasteiger partial charge in [-0.2, -0.15) is 0 Å². The molecule has 0 aromatic heterocycles. The molecule has 0 saturated heterocycles. The fourth-order valence-corrected chi connectivity index (χ4v) is 1.42. The fourth-order valence-electron chi connectivity index (χ4n) is 1.35. The molecule has 0 fully saturated rings. The van der Waals surface area contributed by atoms with E-state index in [-0.39, 0.29) is 0 Å². The largest absolute Gasteiger partial charge is 0.496 e. The first kappa shape index (κ1) is 11.8. The van der Waals surface area contributed by atoms with Gasteiger partial charge in [-0.15, -0.1) is 0 Å². The summed E-state index contributed by atoms with van der Waals surface area (Å²) in [6.07, 6.45) is 0. The second kappa shape index (κ2) is 5.56. The predicted octanol–water partition coefficient (Wildman–Crippen LogP) is 1.63. The Morgan fingerprint density at radius 3 is 2.73 bits per heavy atom. The fraction of sp³-hybridized carbons (Fsp3) is 0.364. The minimum Gasteiger partial charge on any atom is -0.496 e. The molecule has 15 heavy (non-hydrogen) atoms. The summed E-state index contributed by atoms with van der Waals surface area (Å²) >= 11 is 5.13. The van der Waals surface area contributed by atoms with E-state index in [9.17, 15) is 0 Å². The third-order valence-corrected chi connectivity index (χ3v) is 2.68. The summed E-state index contributed by atoms with van der Waals surface area (Å²) < 4.78 is 5.27. The Morgan fingerprint density at radius 1 is 1.47 bits per heavy atom. The number of hydrogen-bond acceptors (Lipinski definition) is 2. The molecular weight excluding hydrogens is 208 g/mol. The molecule has 1 aromatic rings. The SMILES string of the molecule is CNC(=S)N(C)Cc1ccccc1OC. The van der Waals surface area contributed by atoms with Crippen molar-refractivity contribution < 1.29 is 4.74 Å². The Morgan fingerprint density at radius 2 is 2.13 bits per heavy atom. The van der Waals surface area contributed by atoms with E-state index in [4.69, 9.17) is 17.0 Å². The van der Waals surface area contributed by atoms with E-state index in [1.165, 1.54) is 0 Å². The van der Waals surface area contributed by atoms with Crippen LogP contribution in [-0.2, 0) is 6.54 Å². The molecule has 82 valence electrons. The van der Waals surface area contributed by atoms with Crippen LogP contribution in [0.15, 0.2) is 24.3 Å². The molecule has 0 spiro atoms. The van der Waals surface area contributed by atoms with Gasteiger partial charge < -0.3 is 15.0 Å². The molecule has 0 atom stereocenters. The molecule has 1 rings (SSSR count). The van der Waals surface area contributed by atoms with E-state index in [1.807, 2.05) is 43.3 Å². The summed E-state index contributed by atoms with van der Waals surface area (Å²) in [5.74, 6) is 0.892. The van der Waals surface area contributed by atoms with Crippen LogP contribution in [0, 0.1) is 0 Å². The molecule has 1 N–H and O–H groups in total. The Kier molecular flexibility index (Phi) is 4.37. The lowest BCUT2D eigenvalue weighted by Gasteiger charge is -2.20. The second-order valence-electron chi connectivity index (χ2n) is 3.22. The average molecular weight is 224 g/mol. The zero-order valence-electron chi connectivity index (χ0n) is 9.28. The van der Waals surface area contributed by atoms with Crippen molar-refractivity contribution >= 4 is 17.3 Å². The number of hydrogen-bond donors (Lipinski definition) is 1. The van der Waals surface area contributed by atoms with E-state index in [0.29, 0.717) is 0 Å². The van der Waals surface area contributed by atoms with Gasteiger partial charge in [0.2, 0.25) is 0 Å². The van der Waals surface area contributed by atoms with Crippen LogP contribution in [0.25, 0.3) is 0 Å². The summed E-state index contributed by atoms with van der Waals surface area (Å²) in [6.45, 7) is 0.740. The highest BCUT2D eigenvalue weighted by atomic mass is 32.1. The molecular formula is C11H16N2OS. The minimum absolute atomic E-state index is 0.723. The van der Waals surface area contributed by atoms with E-state index in [0.717, 1.165) is 23.0 Å². The Bertz CT molecular complexity index is 341. The van der Waals surface area contributed by atoms with Gasteiger partial charge in [-0.05, 0) is 18.3 Å². The quantitative estimate of drug-likeness (QED) is 0.789. The molecule has 3 nitrogen and oxygen atoms in total. The van der Waals surface area contributed by atoms with Crippen molar-refractivity contribution in [2.45, 2.75) is 6.54 Å². The van der Waals surface area contributed by atoms with Gasteiger partial charge in [0.1, 0.15) is 5.75 Å². The number of rotatable bonds is 3. The Hall–Kier alpha value is -1.29. The topological polar surface area (TPSA) is 24.5 Å². The highest BCUT2D eigenvalue weighted by molar-refractivity contribution is 7.80. The van der Waals surface area contributed by atoms with Crippen molar-refractivity contribution in [1.29, 1.82) is 0 Å². The summed E-state index contributed by atoms with van der Waals surface area (Å²) in [5, 5.41) is 3.66. The van der Waals surface area contributed by atoms with Crippen molar-refractivity contribution in [2.75, 3.05) is 21.2 Å². The van der Waals surface area contributed by atoms with Gasteiger partial charge in [0.25, 0.3) is 0 Å². The maximum Gasteiger partial charge on any atom is 0.168 e. The molecule has 0 unspecified atom stereocenters. The van der Waals surface area contributed by atoms with Gasteiger partial charge >= 0.3 is 0 Å². The molecule has 0 heterocycles. The molecule has 4 heteroatoms. The molecule has 0 aliphatic rings. The standard InChI is InChI=1S/C11H16N2OS/c1-12-11(15)13(2)8-9-6-4-5-7-10(9)14-3/h4-7H,8H2,1-3H3,(H,12,15). The van der Waals surface area contributed by atoms with E-state index >= 15 is 0 Å². The van der Waals surface area contributed by atoms with Crippen LogP contribution < -0.4 is 10.1 Å². The van der Waals surface area contributed by atoms with Crippen LogP contribution in [0.1, 0.15) is 5.56 Å². The summed E-state index contributed by atoms with van der Waals surface area (Å²) in [4.78, 5) is 1.97. The zero-order chi connectivity index (χ0) is 11.3. The predicted molar refractivity (Wildman–Crippen MR) is 66.1 cm³/mol. The first-order valence-corrected chi connectivity index (χ1v) is 5.14. The number of thiocarbonyl (C=S) groups is 1. The van der Waals surface area contributed by atoms with Crippen LogP contribution in [0.5, 0.6) is 5.75 Å². The smallest absolute Gasteiger partial charge is 0.168 e. The zero-order valence-corrected chi connectivity index (χ0v) is 10.1. The first-order valence-electron chi connectivity index (χ1n) is 4.73. The third kappa shape index (κ3) is 3.09. The van der Waals surface area contributed by atoms with Crippen LogP contribution in [-0.4, -0.2) is 31.2 Å². The third-order valence-electron chi connectivity index (χ3n) is 2.16. The lowest BCUT2D eigenvalue weighted by molar-refractivity contribution is 0.398. The normalized spacial score (nSPS) is 9.53. The van der Waals surface area contributed by atoms with Crippen LogP contribution in [0.4, 0.5) is 0 Å². The lowest BCUT2D eigenvalue weighted by atomic mass is 10.2. The molecule has 0 amide bonds. The van der Waals surface area contributed by atoms with Crippen molar-refractivity contribution in [2.24, 2.45) is 0 Å². The number of methoxy groups -OCH3 is 1. The number of nitrogens with zero attached hydrogens (tertiary/aromatic N) is 1. The van der Waals surface area contributed by atoms with Crippen molar-refractivity contribution in [3.63, 3.8) is 0 Å². The number of nitrogens with one attached hydrogen (secondary N) is 1. The number of benzene rings is 1. The monoisotopic (exact) mass is 224 g/mol. The Labute approximate surface area is 96.0 Å². The lowest BCUT2D eigenvalue weighted by Crippen LogP contribution is -2.34. The Balaban J connectivity index is 2.75. The number of ether oxygens (including phenoxy) is 1. The minimum atomic E-state index is 0.723. The van der Waals surface area contributed by atoms with Gasteiger partial charge in [0.15, 0.2) is 5.11 Å². The summed E-state index contributed by atoms with van der Waals surface area (Å²) in [5.41, 5.74) is 1.13. The van der Waals surface area contributed by atoms with E-state index in [1.54, 1.807) is 7.11 Å². The van der Waals surface area contributed by atoms with Gasteiger partial charge in [-0.3, -0.25) is 0 Å². The summed E-state index contributed by atoms with van der Waals surface area (Å²) in [6, 6.07) is 7.94. The highest BCUT2D eigenvalue weighted by Crippen LogP contribution is 2.18. The van der Waals surface area contributed by atoms with E-state index < -0.39 is 0 Å². The number of para-hydroxylation sites is 1. The molecule has 0 aliphatic carbocycles. The van der Waals surface area contributed by atoms with Gasteiger partial charge in [-0.1, -0.05) is 18.2 Å². The van der Waals surface area contributed by atoms with Gasteiger partial charge in [0.05, 0.1) is 7.11 Å². The van der Waals surface area contributed by atoms with Gasteiger partial charge in [0, 0.05) is 26.2 Å². The van der Waals surface area contributed by atoms with Gasteiger partial charge in [-0.25, -0.2) is 0 Å². The van der Waals surface area contributed by atoms with Crippen molar-refractivity contribution in [1.82, 2.24) is 10.2 Å². The van der Waals surface area contributed by atoms with Crippen molar-refractivity contribution in [3.05, 3.63) is 29.8 Å². The second-order valence-corrected chi connectivity index (χ2v) is 3.61. The highest BCUT2D eigenvalue weighted by Gasteiger charge is 2.06. The van der Waals surface area contributed by atoms with Crippen LogP contribution in [0.3, 0.4) is 0 Å². The summed E-state index contributed by atoms with van der Waals surface area (Å²) in [7, 11) is 5.45. The van der Waals surface area contributed by atoms with E-state index in [2.05, 4.69) is 5.32 Å². The van der Waals surface area contributed by atoms with Crippen LogP contribution >= 0.6 is 12.2 Å². The first-order chi connectivity index (χ1) is 7.19. The van der Waals surface area contributed by atoms with Crippen molar-refractivity contribution in [3.8, 4) is 5.75 Å². The molecule has 0 radical (unpaired) electrons. The molecule has 0 saturated carbocycles. The molecule has 0 aliphatic heterocycles. The maximum atomic E-state index is 5.27. The van der Waals surface area contributed by atoms with Crippen LogP contribution in [0.2, 0.25) is 0 Å². The maximum absolute atomic E-state index is 5.27.